The molecule has 0 saturated heterocycles. The van der Waals surface area contributed by atoms with E-state index in [2.05, 4.69) is 17.9 Å². The van der Waals surface area contributed by atoms with E-state index in [1.54, 1.807) is 6.92 Å². The molecule has 0 aliphatic carbocycles. The normalized spacial score (nSPS) is 14.4. The highest BCUT2D eigenvalue weighted by molar-refractivity contribution is 7.81. The minimum Gasteiger partial charge on any atom is -0.349 e. The molecule has 1 amide bonds. The molecule has 0 fully saturated rings. The van der Waals surface area contributed by atoms with E-state index in [-0.39, 0.29) is 17.2 Å². The maximum absolute atomic E-state index is 11.4. The van der Waals surface area contributed by atoms with Gasteiger partial charge in [-0.2, -0.15) is 12.6 Å². The molecule has 0 aromatic heterocycles. The highest BCUT2D eigenvalue weighted by Crippen LogP contribution is 2.13. The zero-order valence-electron chi connectivity index (χ0n) is 9.32. The highest BCUT2D eigenvalue weighted by atomic mass is 32.1. The van der Waals surface area contributed by atoms with Gasteiger partial charge in [0.05, 0.1) is 11.3 Å². The summed E-state index contributed by atoms with van der Waals surface area (Å²) in [6.07, 6.45) is 0. The van der Waals surface area contributed by atoms with Gasteiger partial charge < -0.3 is 5.32 Å². The Kier molecular flexibility index (Phi) is 4.21. The largest absolute Gasteiger partial charge is 0.349 e. The Labute approximate surface area is 96.5 Å². The predicted molar refractivity (Wildman–Crippen MR) is 66.2 cm³/mol. The second kappa shape index (κ2) is 5.21. The van der Waals surface area contributed by atoms with E-state index in [0.717, 1.165) is 5.56 Å². The van der Waals surface area contributed by atoms with Gasteiger partial charge in [-0.1, -0.05) is 29.8 Å². The maximum atomic E-state index is 11.4. The van der Waals surface area contributed by atoms with E-state index in [1.165, 1.54) is 5.56 Å². The van der Waals surface area contributed by atoms with E-state index in [1.807, 2.05) is 38.1 Å². The molecule has 0 bridgehead atoms. The molecule has 2 unspecified atom stereocenters. The van der Waals surface area contributed by atoms with Crippen molar-refractivity contribution < 1.29 is 4.79 Å². The van der Waals surface area contributed by atoms with Gasteiger partial charge in [-0.25, -0.2) is 0 Å². The predicted octanol–water partition coefficient (Wildman–Crippen LogP) is 2.49. The van der Waals surface area contributed by atoms with Crippen LogP contribution in [0.15, 0.2) is 24.3 Å². The molecular formula is C12H17NOS. The van der Waals surface area contributed by atoms with Gasteiger partial charge in [0.15, 0.2) is 0 Å². The fourth-order valence-corrected chi connectivity index (χ4v) is 1.35. The summed E-state index contributed by atoms with van der Waals surface area (Å²) in [6.45, 7) is 5.78. The summed E-state index contributed by atoms with van der Waals surface area (Å²) in [7, 11) is 0. The lowest BCUT2D eigenvalue weighted by molar-refractivity contribution is -0.120. The zero-order valence-corrected chi connectivity index (χ0v) is 10.2. The van der Waals surface area contributed by atoms with Crippen LogP contribution in [-0.4, -0.2) is 11.2 Å². The van der Waals surface area contributed by atoms with Gasteiger partial charge in [-0.3, -0.25) is 4.79 Å². The van der Waals surface area contributed by atoms with Gasteiger partial charge >= 0.3 is 0 Å². The van der Waals surface area contributed by atoms with E-state index in [4.69, 9.17) is 0 Å². The first-order valence-corrected chi connectivity index (χ1v) is 5.57. The average molecular weight is 223 g/mol. The second-order valence-electron chi connectivity index (χ2n) is 3.82. The summed E-state index contributed by atoms with van der Waals surface area (Å²) >= 11 is 4.08. The number of aryl methyl sites for hydroxylation is 1. The first kappa shape index (κ1) is 12.1. The Bertz CT molecular complexity index is 332. The monoisotopic (exact) mass is 223 g/mol. The number of hydrogen-bond donors (Lipinski definition) is 2. The topological polar surface area (TPSA) is 29.1 Å². The van der Waals surface area contributed by atoms with Crippen molar-refractivity contribution in [3.8, 4) is 0 Å². The molecule has 82 valence electrons. The number of rotatable bonds is 3. The maximum Gasteiger partial charge on any atom is 0.233 e. The van der Waals surface area contributed by atoms with Gasteiger partial charge in [0.2, 0.25) is 5.91 Å². The molecule has 0 saturated carbocycles. The molecule has 1 rings (SSSR count). The van der Waals surface area contributed by atoms with Crippen LogP contribution in [0.1, 0.15) is 31.0 Å². The van der Waals surface area contributed by atoms with Crippen molar-refractivity contribution in [1.82, 2.24) is 5.32 Å². The molecule has 0 radical (unpaired) electrons. The number of nitrogens with one attached hydrogen (secondary N) is 1. The van der Waals surface area contributed by atoms with Crippen molar-refractivity contribution in [2.75, 3.05) is 0 Å². The summed E-state index contributed by atoms with van der Waals surface area (Å²) in [5, 5.41) is 2.63. The van der Waals surface area contributed by atoms with Gasteiger partial charge in [0.25, 0.3) is 0 Å². The van der Waals surface area contributed by atoms with Gasteiger partial charge in [-0.15, -0.1) is 0 Å². The third-order valence-corrected chi connectivity index (χ3v) is 2.55. The zero-order chi connectivity index (χ0) is 11.4. The number of amides is 1. The van der Waals surface area contributed by atoms with Crippen molar-refractivity contribution >= 4 is 18.5 Å². The Morgan fingerprint density at radius 1 is 1.27 bits per heavy atom. The summed E-state index contributed by atoms with van der Waals surface area (Å²) in [4.78, 5) is 11.4. The van der Waals surface area contributed by atoms with Crippen molar-refractivity contribution in [1.29, 1.82) is 0 Å². The third-order valence-electron chi connectivity index (χ3n) is 2.32. The fraction of sp³-hybridized carbons (Fsp3) is 0.417. The van der Waals surface area contributed by atoms with Crippen molar-refractivity contribution in [2.45, 2.75) is 32.1 Å². The lowest BCUT2D eigenvalue weighted by Crippen LogP contribution is -2.31. The Morgan fingerprint density at radius 3 is 2.27 bits per heavy atom. The van der Waals surface area contributed by atoms with Crippen molar-refractivity contribution in [2.24, 2.45) is 0 Å². The molecule has 15 heavy (non-hydrogen) atoms. The lowest BCUT2D eigenvalue weighted by atomic mass is 10.1. The van der Waals surface area contributed by atoms with Crippen LogP contribution in [-0.2, 0) is 4.79 Å². The number of carbonyl (C=O) groups is 1. The summed E-state index contributed by atoms with van der Waals surface area (Å²) in [5.74, 6) is -0.0357. The molecular weight excluding hydrogens is 206 g/mol. The van der Waals surface area contributed by atoms with Gasteiger partial charge in [0, 0.05) is 0 Å². The minimum atomic E-state index is -0.266. The minimum absolute atomic E-state index is 0.0349. The van der Waals surface area contributed by atoms with Crippen molar-refractivity contribution in [3.05, 3.63) is 35.4 Å². The van der Waals surface area contributed by atoms with Crippen LogP contribution in [0.4, 0.5) is 0 Å². The van der Waals surface area contributed by atoms with Crippen LogP contribution in [0.3, 0.4) is 0 Å². The smallest absolute Gasteiger partial charge is 0.233 e. The van der Waals surface area contributed by atoms with E-state index < -0.39 is 0 Å². The van der Waals surface area contributed by atoms with Crippen LogP contribution in [0, 0.1) is 6.92 Å². The molecule has 2 nitrogen and oxygen atoms in total. The SMILES string of the molecule is Cc1ccc(C(C)NC(=O)C(C)S)cc1. The molecule has 2 atom stereocenters. The Balaban J connectivity index is 2.65. The molecule has 0 aliphatic heterocycles. The van der Waals surface area contributed by atoms with Crippen LogP contribution in [0.2, 0.25) is 0 Å². The van der Waals surface area contributed by atoms with E-state index >= 15 is 0 Å². The quantitative estimate of drug-likeness (QED) is 0.757. The van der Waals surface area contributed by atoms with Gasteiger partial charge in [0.1, 0.15) is 0 Å². The molecule has 0 spiro atoms. The van der Waals surface area contributed by atoms with E-state index in [9.17, 15) is 4.79 Å². The lowest BCUT2D eigenvalue weighted by Gasteiger charge is -2.15. The average Bonchev–Trinajstić information content (AvgIpc) is 2.18. The highest BCUT2D eigenvalue weighted by Gasteiger charge is 2.12. The molecule has 0 heterocycles. The van der Waals surface area contributed by atoms with Gasteiger partial charge in [-0.05, 0) is 26.3 Å². The standard InChI is InChI=1S/C12H17NOS/c1-8-4-6-11(7-5-8)9(2)13-12(14)10(3)15/h4-7,9-10,15H,1-3H3,(H,13,14). The summed E-state index contributed by atoms with van der Waals surface area (Å²) < 4.78 is 0. The summed E-state index contributed by atoms with van der Waals surface area (Å²) in [5.41, 5.74) is 2.34. The molecule has 1 aromatic rings. The van der Waals surface area contributed by atoms with E-state index in [0.29, 0.717) is 0 Å². The third kappa shape index (κ3) is 3.59. The van der Waals surface area contributed by atoms with Crippen LogP contribution >= 0.6 is 12.6 Å². The molecule has 1 N–H and O–H groups in total. The van der Waals surface area contributed by atoms with Crippen LogP contribution < -0.4 is 5.32 Å². The Hall–Kier alpha value is -0.960. The Morgan fingerprint density at radius 2 is 1.80 bits per heavy atom. The van der Waals surface area contributed by atoms with Crippen LogP contribution in [0.5, 0.6) is 0 Å². The number of carbonyl (C=O) groups excluding carboxylic acids is 1. The second-order valence-corrected chi connectivity index (χ2v) is 4.59. The van der Waals surface area contributed by atoms with Crippen LogP contribution in [0.25, 0.3) is 0 Å². The molecule has 1 aromatic carbocycles. The number of thiol groups is 1. The van der Waals surface area contributed by atoms with Crippen molar-refractivity contribution in [3.63, 3.8) is 0 Å². The summed E-state index contributed by atoms with van der Waals surface area (Å²) in [6, 6.07) is 8.18. The number of benzene rings is 1. The molecule has 3 heteroatoms. The molecule has 0 aliphatic rings. The first-order valence-electron chi connectivity index (χ1n) is 5.05. The number of hydrogen-bond acceptors (Lipinski definition) is 2. The first-order chi connectivity index (χ1) is 7.00. The fourth-order valence-electron chi connectivity index (χ4n) is 1.27.